The first-order valence-electron chi connectivity index (χ1n) is 7.25. The zero-order valence-corrected chi connectivity index (χ0v) is 13.6. The van der Waals surface area contributed by atoms with Crippen LogP contribution in [0.25, 0.3) is 0 Å². The van der Waals surface area contributed by atoms with Crippen molar-refractivity contribution in [2.45, 2.75) is 26.1 Å². The van der Waals surface area contributed by atoms with Gasteiger partial charge in [0.15, 0.2) is 0 Å². The van der Waals surface area contributed by atoms with Gasteiger partial charge in [0.2, 0.25) is 0 Å². The van der Waals surface area contributed by atoms with E-state index in [1.54, 1.807) is 0 Å². The first kappa shape index (κ1) is 16.7. The van der Waals surface area contributed by atoms with Crippen molar-refractivity contribution in [3.05, 3.63) is 57.8 Å². The van der Waals surface area contributed by atoms with E-state index in [-0.39, 0.29) is 25.2 Å². The molecular weight excluding hydrogens is 298 g/mol. The summed E-state index contributed by atoms with van der Waals surface area (Å²) in [6, 6.07) is 11.7. The van der Waals surface area contributed by atoms with Crippen LogP contribution >= 0.6 is 11.3 Å². The molecule has 118 valence electrons. The van der Waals surface area contributed by atoms with Crippen LogP contribution in [0.5, 0.6) is 0 Å². The third kappa shape index (κ3) is 4.66. The van der Waals surface area contributed by atoms with Crippen LogP contribution in [0.2, 0.25) is 0 Å². The van der Waals surface area contributed by atoms with Crippen LogP contribution in [0.15, 0.2) is 41.8 Å². The minimum Gasteiger partial charge on any atom is -0.389 e. The summed E-state index contributed by atoms with van der Waals surface area (Å²) < 4.78 is 5.64. The third-order valence-corrected chi connectivity index (χ3v) is 4.39. The molecule has 0 aliphatic heterocycles. The topological polar surface area (TPSA) is 58.6 Å². The van der Waals surface area contributed by atoms with E-state index >= 15 is 0 Å². The summed E-state index contributed by atoms with van der Waals surface area (Å²) in [5, 5.41) is 14.5. The minimum atomic E-state index is -0.726. The standard InChI is InChI=1S/C17H21NO3S/c1-12-8-9-22-16(12)17(20)18-10-15(19)11-21-13(2)14-6-4-3-5-7-14/h3-9,13,15,19H,10-11H2,1-2H3,(H,18,20)/t13-,15-/m0/s1. The number of carbonyl (C=O) groups excluding carboxylic acids is 1. The first-order chi connectivity index (χ1) is 10.6. The van der Waals surface area contributed by atoms with Crippen LogP contribution in [-0.4, -0.2) is 30.3 Å². The molecule has 0 unspecified atom stereocenters. The number of amides is 1. The number of aliphatic hydroxyl groups is 1. The van der Waals surface area contributed by atoms with E-state index in [0.717, 1.165) is 11.1 Å². The van der Waals surface area contributed by atoms with Crippen molar-refractivity contribution in [3.8, 4) is 0 Å². The molecule has 1 aromatic heterocycles. The molecule has 22 heavy (non-hydrogen) atoms. The number of benzene rings is 1. The third-order valence-electron chi connectivity index (χ3n) is 3.37. The van der Waals surface area contributed by atoms with E-state index in [1.807, 2.05) is 55.6 Å². The van der Waals surface area contributed by atoms with E-state index in [2.05, 4.69) is 5.32 Å². The molecule has 2 rings (SSSR count). The Bertz CT molecular complexity index is 597. The lowest BCUT2D eigenvalue weighted by molar-refractivity contribution is -0.00170. The van der Waals surface area contributed by atoms with Gasteiger partial charge in [0, 0.05) is 6.54 Å². The van der Waals surface area contributed by atoms with E-state index in [4.69, 9.17) is 4.74 Å². The first-order valence-corrected chi connectivity index (χ1v) is 8.12. The van der Waals surface area contributed by atoms with Crippen LogP contribution in [0.4, 0.5) is 0 Å². The lowest BCUT2D eigenvalue weighted by atomic mass is 10.1. The van der Waals surface area contributed by atoms with Gasteiger partial charge in [-0.05, 0) is 36.4 Å². The van der Waals surface area contributed by atoms with Crippen molar-refractivity contribution in [2.24, 2.45) is 0 Å². The van der Waals surface area contributed by atoms with E-state index in [1.165, 1.54) is 11.3 Å². The van der Waals surface area contributed by atoms with Gasteiger partial charge in [-0.15, -0.1) is 11.3 Å². The number of ether oxygens (including phenoxy) is 1. The largest absolute Gasteiger partial charge is 0.389 e. The summed E-state index contributed by atoms with van der Waals surface area (Å²) in [4.78, 5) is 12.6. The Labute approximate surface area is 134 Å². The van der Waals surface area contributed by atoms with E-state index < -0.39 is 6.10 Å². The summed E-state index contributed by atoms with van der Waals surface area (Å²) in [5.41, 5.74) is 2.01. The fourth-order valence-corrected chi connectivity index (χ4v) is 2.87. The molecule has 0 spiro atoms. The number of carbonyl (C=O) groups is 1. The number of hydrogen-bond donors (Lipinski definition) is 2. The van der Waals surface area contributed by atoms with Crippen LogP contribution in [0.3, 0.4) is 0 Å². The molecule has 0 bridgehead atoms. The van der Waals surface area contributed by atoms with Gasteiger partial charge in [0.05, 0.1) is 23.7 Å². The zero-order chi connectivity index (χ0) is 15.9. The normalized spacial score (nSPS) is 13.6. The maximum atomic E-state index is 11.9. The molecule has 4 nitrogen and oxygen atoms in total. The summed E-state index contributed by atoms with van der Waals surface area (Å²) in [6.45, 7) is 4.19. The second kappa shape index (κ2) is 8.08. The molecule has 5 heteroatoms. The Kier molecular flexibility index (Phi) is 6.12. The molecule has 0 saturated carbocycles. The summed E-state index contributed by atoms with van der Waals surface area (Å²) in [6.07, 6.45) is -0.818. The SMILES string of the molecule is Cc1ccsc1C(=O)NC[C@H](O)CO[C@@H](C)c1ccccc1. The molecule has 2 atom stereocenters. The van der Waals surface area contributed by atoms with Gasteiger partial charge in [0.1, 0.15) is 0 Å². The Balaban J connectivity index is 1.73. The Morgan fingerprint density at radius 2 is 2.05 bits per heavy atom. The lowest BCUT2D eigenvalue weighted by Crippen LogP contribution is -2.34. The highest BCUT2D eigenvalue weighted by molar-refractivity contribution is 7.12. The number of hydrogen-bond acceptors (Lipinski definition) is 4. The number of nitrogens with one attached hydrogen (secondary N) is 1. The number of aliphatic hydroxyl groups excluding tert-OH is 1. The monoisotopic (exact) mass is 319 g/mol. The fourth-order valence-electron chi connectivity index (χ4n) is 2.03. The van der Waals surface area contributed by atoms with Crippen molar-refractivity contribution in [1.82, 2.24) is 5.32 Å². The highest BCUT2D eigenvalue weighted by Gasteiger charge is 2.13. The van der Waals surface area contributed by atoms with Gasteiger partial charge in [-0.1, -0.05) is 30.3 Å². The molecule has 1 amide bonds. The van der Waals surface area contributed by atoms with E-state index in [0.29, 0.717) is 4.88 Å². The number of thiophene rings is 1. The molecule has 0 aliphatic rings. The molecule has 2 N–H and O–H groups in total. The molecule has 1 heterocycles. The molecule has 0 radical (unpaired) electrons. The molecule has 0 saturated heterocycles. The van der Waals surface area contributed by atoms with Gasteiger partial charge in [-0.2, -0.15) is 0 Å². The number of aryl methyl sites for hydroxylation is 1. The maximum absolute atomic E-state index is 11.9. The summed E-state index contributed by atoms with van der Waals surface area (Å²) in [5.74, 6) is -0.150. The smallest absolute Gasteiger partial charge is 0.261 e. The van der Waals surface area contributed by atoms with Crippen molar-refractivity contribution in [3.63, 3.8) is 0 Å². The van der Waals surface area contributed by atoms with Gasteiger partial charge >= 0.3 is 0 Å². The quantitative estimate of drug-likeness (QED) is 0.825. The predicted octanol–water partition coefficient (Wildman–Crippen LogP) is 2.93. The molecule has 0 aliphatic carbocycles. The van der Waals surface area contributed by atoms with Crippen molar-refractivity contribution in [2.75, 3.05) is 13.2 Å². The average Bonchev–Trinajstić information content (AvgIpc) is 2.97. The Hall–Kier alpha value is -1.69. The summed E-state index contributed by atoms with van der Waals surface area (Å²) in [7, 11) is 0. The molecular formula is C17H21NO3S. The van der Waals surface area contributed by atoms with Crippen LogP contribution < -0.4 is 5.32 Å². The van der Waals surface area contributed by atoms with Crippen LogP contribution in [0.1, 0.15) is 33.8 Å². The maximum Gasteiger partial charge on any atom is 0.261 e. The fraction of sp³-hybridized carbons (Fsp3) is 0.353. The molecule has 1 aromatic carbocycles. The van der Waals surface area contributed by atoms with Gasteiger partial charge in [0.25, 0.3) is 5.91 Å². The van der Waals surface area contributed by atoms with Crippen molar-refractivity contribution in [1.29, 1.82) is 0 Å². The highest BCUT2D eigenvalue weighted by Crippen LogP contribution is 2.16. The lowest BCUT2D eigenvalue weighted by Gasteiger charge is -2.17. The van der Waals surface area contributed by atoms with Gasteiger partial charge in [-0.25, -0.2) is 0 Å². The average molecular weight is 319 g/mol. The second-order valence-electron chi connectivity index (χ2n) is 5.18. The Morgan fingerprint density at radius 3 is 2.68 bits per heavy atom. The van der Waals surface area contributed by atoms with Crippen molar-refractivity contribution < 1.29 is 14.6 Å². The minimum absolute atomic E-state index is 0.0916. The highest BCUT2D eigenvalue weighted by atomic mass is 32.1. The summed E-state index contributed by atoms with van der Waals surface area (Å²) >= 11 is 1.40. The van der Waals surface area contributed by atoms with Crippen LogP contribution in [-0.2, 0) is 4.74 Å². The zero-order valence-electron chi connectivity index (χ0n) is 12.8. The van der Waals surface area contributed by atoms with Gasteiger partial charge < -0.3 is 15.2 Å². The second-order valence-corrected chi connectivity index (χ2v) is 6.10. The molecule has 0 fully saturated rings. The van der Waals surface area contributed by atoms with Crippen LogP contribution in [0, 0.1) is 6.92 Å². The van der Waals surface area contributed by atoms with Crippen molar-refractivity contribution >= 4 is 17.2 Å². The number of rotatable bonds is 7. The van der Waals surface area contributed by atoms with Gasteiger partial charge in [-0.3, -0.25) is 4.79 Å². The Morgan fingerprint density at radius 1 is 1.32 bits per heavy atom. The van der Waals surface area contributed by atoms with E-state index in [9.17, 15) is 9.90 Å². The predicted molar refractivity (Wildman–Crippen MR) is 88.2 cm³/mol. The molecule has 2 aromatic rings.